The molecule has 1 aromatic carbocycles. The lowest BCUT2D eigenvalue weighted by atomic mass is 10.1. The van der Waals surface area contributed by atoms with Crippen LogP contribution in [0.15, 0.2) is 18.2 Å². The van der Waals surface area contributed by atoms with Gasteiger partial charge in [0.1, 0.15) is 5.82 Å². The molecule has 1 N–H and O–H groups in total. The number of urea groups is 1. The molecule has 0 bridgehead atoms. The van der Waals surface area contributed by atoms with Crippen molar-refractivity contribution >= 4 is 17.4 Å². The van der Waals surface area contributed by atoms with Crippen molar-refractivity contribution in [3.05, 3.63) is 24.0 Å². The van der Waals surface area contributed by atoms with Crippen molar-refractivity contribution in [2.45, 2.75) is 32.6 Å². The first-order chi connectivity index (χ1) is 12.2. The summed E-state index contributed by atoms with van der Waals surface area (Å²) in [4.78, 5) is 16.7. The molecule has 2 amide bonds. The van der Waals surface area contributed by atoms with Gasteiger partial charge in [-0.2, -0.15) is 0 Å². The van der Waals surface area contributed by atoms with E-state index in [-0.39, 0.29) is 11.8 Å². The topological polar surface area (TPSA) is 44.8 Å². The number of amides is 2. The van der Waals surface area contributed by atoms with Crippen molar-refractivity contribution in [1.82, 2.24) is 4.90 Å². The first kappa shape index (κ1) is 18.0. The number of rotatable bonds is 5. The number of anilines is 2. The molecule has 138 valence electrons. The van der Waals surface area contributed by atoms with E-state index < -0.39 is 0 Å². The summed E-state index contributed by atoms with van der Waals surface area (Å²) in [5.41, 5.74) is 1.47. The molecule has 5 nitrogen and oxygen atoms in total. The van der Waals surface area contributed by atoms with Crippen LogP contribution in [-0.4, -0.2) is 50.3 Å². The lowest BCUT2D eigenvalue weighted by molar-refractivity contribution is 0.171. The zero-order valence-electron chi connectivity index (χ0n) is 15.0. The van der Waals surface area contributed by atoms with Crippen LogP contribution >= 0.6 is 0 Å². The zero-order chi connectivity index (χ0) is 17.6. The van der Waals surface area contributed by atoms with Crippen molar-refractivity contribution in [2.24, 2.45) is 5.92 Å². The van der Waals surface area contributed by atoms with E-state index in [1.54, 1.807) is 11.0 Å². The lowest BCUT2D eigenvalue weighted by Gasteiger charge is -2.31. The molecule has 0 spiro atoms. The third kappa shape index (κ3) is 4.63. The Morgan fingerprint density at radius 2 is 2.16 bits per heavy atom. The Kier molecular flexibility index (Phi) is 6.13. The van der Waals surface area contributed by atoms with Crippen molar-refractivity contribution < 1.29 is 13.9 Å². The van der Waals surface area contributed by atoms with Gasteiger partial charge in [-0.3, -0.25) is 0 Å². The van der Waals surface area contributed by atoms with Gasteiger partial charge in [0.25, 0.3) is 0 Å². The highest BCUT2D eigenvalue weighted by molar-refractivity contribution is 5.93. The van der Waals surface area contributed by atoms with Crippen LogP contribution in [0.25, 0.3) is 0 Å². The number of carbonyl (C=O) groups is 1. The maximum atomic E-state index is 13.8. The quantitative estimate of drug-likeness (QED) is 0.881. The fraction of sp³-hybridized carbons (Fsp3) is 0.632. The van der Waals surface area contributed by atoms with E-state index in [4.69, 9.17) is 4.74 Å². The maximum absolute atomic E-state index is 13.8. The summed E-state index contributed by atoms with van der Waals surface area (Å²) in [5, 5.41) is 2.94. The van der Waals surface area contributed by atoms with Gasteiger partial charge in [0.05, 0.1) is 18.0 Å². The second kappa shape index (κ2) is 8.52. The highest BCUT2D eigenvalue weighted by Crippen LogP contribution is 2.29. The van der Waals surface area contributed by atoms with Crippen LogP contribution in [0, 0.1) is 11.7 Å². The minimum Gasteiger partial charge on any atom is -0.381 e. The van der Waals surface area contributed by atoms with Crippen LogP contribution in [0.4, 0.5) is 20.6 Å². The summed E-state index contributed by atoms with van der Waals surface area (Å²) in [7, 11) is 0. The molecule has 1 aromatic rings. The molecule has 0 radical (unpaired) electrons. The second-order valence-corrected chi connectivity index (χ2v) is 6.91. The largest absolute Gasteiger partial charge is 0.381 e. The number of benzene rings is 1. The Labute approximate surface area is 149 Å². The van der Waals surface area contributed by atoms with Crippen molar-refractivity contribution in [3.8, 4) is 0 Å². The van der Waals surface area contributed by atoms with E-state index in [1.807, 2.05) is 6.92 Å². The fourth-order valence-electron chi connectivity index (χ4n) is 3.61. The molecule has 0 saturated carbocycles. The highest BCUT2D eigenvalue weighted by Gasteiger charge is 2.23. The van der Waals surface area contributed by atoms with Gasteiger partial charge in [0.15, 0.2) is 0 Å². The van der Waals surface area contributed by atoms with E-state index in [0.29, 0.717) is 31.3 Å². The highest BCUT2D eigenvalue weighted by atomic mass is 19.1. The van der Waals surface area contributed by atoms with Crippen LogP contribution in [0.3, 0.4) is 0 Å². The van der Waals surface area contributed by atoms with Gasteiger partial charge in [-0.25, -0.2) is 9.18 Å². The molecule has 0 aliphatic carbocycles. The third-order valence-corrected chi connectivity index (χ3v) is 5.07. The number of hydrogen-bond donors (Lipinski definition) is 1. The molecule has 6 heteroatoms. The number of halogens is 1. The van der Waals surface area contributed by atoms with Gasteiger partial charge < -0.3 is 19.9 Å². The number of nitrogens with one attached hydrogen (secondary N) is 1. The molecule has 2 fully saturated rings. The number of hydrogen-bond acceptors (Lipinski definition) is 3. The molecule has 1 unspecified atom stereocenters. The first-order valence-electron chi connectivity index (χ1n) is 9.35. The molecule has 2 heterocycles. The van der Waals surface area contributed by atoms with E-state index in [2.05, 4.69) is 10.2 Å². The molecular formula is C19H28FN3O2. The standard InChI is InChI=1S/C19H28FN3O2/c1-2-22(13-15-8-11-25-14-15)19(24)21-17-12-16(20)6-7-18(17)23-9-4-3-5-10-23/h6-7,12,15H,2-5,8-11,13-14H2,1H3,(H,21,24). The average molecular weight is 349 g/mol. The van der Waals surface area contributed by atoms with E-state index >= 15 is 0 Å². The Morgan fingerprint density at radius 3 is 2.84 bits per heavy atom. The average Bonchev–Trinajstić information content (AvgIpc) is 3.13. The monoisotopic (exact) mass is 349 g/mol. The molecule has 2 aliphatic heterocycles. The van der Waals surface area contributed by atoms with Gasteiger partial charge in [-0.1, -0.05) is 0 Å². The maximum Gasteiger partial charge on any atom is 0.321 e. The van der Waals surface area contributed by atoms with Gasteiger partial charge >= 0.3 is 6.03 Å². The molecule has 0 aromatic heterocycles. The number of nitrogens with zero attached hydrogens (tertiary/aromatic N) is 2. The Hall–Kier alpha value is -1.82. The van der Waals surface area contributed by atoms with Gasteiger partial charge in [0.2, 0.25) is 0 Å². The predicted octanol–water partition coefficient (Wildman–Crippen LogP) is 3.71. The first-order valence-corrected chi connectivity index (χ1v) is 9.35. The smallest absolute Gasteiger partial charge is 0.321 e. The van der Waals surface area contributed by atoms with E-state index in [1.165, 1.54) is 18.6 Å². The Balaban J connectivity index is 1.71. The molecule has 2 aliphatic rings. The fourth-order valence-corrected chi connectivity index (χ4v) is 3.61. The minimum absolute atomic E-state index is 0.168. The molecule has 2 saturated heterocycles. The van der Waals surface area contributed by atoms with E-state index in [9.17, 15) is 9.18 Å². The van der Waals surface area contributed by atoms with Crippen LogP contribution in [0.1, 0.15) is 32.6 Å². The van der Waals surface area contributed by atoms with Gasteiger partial charge in [0, 0.05) is 38.7 Å². The summed E-state index contributed by atoms with van der Waals surface area (Å²) in [6, 6.07) is 4.50. The summed E-state index contributed by atoms with van der Waals surface area (Å²) >= 11 is 0. The number of piperidine rings is 1. The second-order valence-electron chi connectivity index (χ2n) is 6.91. The van der Waals surface area contributed by atoms with Gasteiger partial charge in [-0.15, -0.1) is 0 Å². The molecule has 1 atom stereocenters. The molecule has 25 heavy (non-hydrogen) atoms. The Bertz CT molecular complexity index is 584. The van der Waals surface area contributed by atoms with Crippen LogP contribution in [0.2, 0.25) is 0 Å². The molecule has 3 rings (SSSR count). The molecular weight excluding hydrogens is 321 g/mol. The summed E-state index contributed by atoms with van der Waals surface area (Å²) < 4.78 is 19.2. The normalized spacial score (nSPS) is 20.6. The Morgan fingerprint density at radius 1 is 1.36 bits per heavy atom. The number of ether oxygens (including phenoxy) is 1. The summed E-state index contributed by atoms with van der Waals surface area (Å²) in [6.45, 7) is 6.65. The van der Waals surface area contributed by atoms with Crippen molar-refractivity contribution in [2.75, 3.05) is 49.6 Å². The van der Waals surface area contributed by atoms with Crippen LogP contribution in [0.5, 0.6) is 0 Å². The van der Waals surface area contributed by atoms with Crippen LogP contribution < -0.4 is 10.2 Å². The van der Waals surface area contributed by atoms with E-state index in [0.717, 1.165) is 44.6 Å². The SMILES string of the molecule is CCN(CC1CCOC1)C(=O)Nc1cc(F)ccc1N1CCCCC1. The minimum atomic E-state index is -0.330. The number of carbonyl (C=O) groups excluding carboxylic acids is 1. The predicted molar refractivity (Wildman–Crippen MR) is 97.7 cm³/mol. The zero-order valence-corrected chi connectivity index (χ0v) is 15.0. The van der Waals surface area contributed by atoms with Crippen molar-refractivity contribution in [3.63, 3.8) is 0 Å². The van der Waals surface area contributed by atoms with Crippen LogP contribution in [-0.2, 0) is 4.74 Å². The summed E-state index contributed by atoms with van der Waals surface area (Å²) in [5.74, 6) is 0.0584. The lowest BCUT2D eigenvalue weighted by Crippen LogP contribution is -2.39. The van der Waals surface area contributed by atoms with Gasteiger partial charge in [-0.05, 0) is 50.8 Å². The van der Waals surface area contributed by atoms with Crippen molar-refractivity contribution in [1.29, 1.82) is 0 Å². The summed E-state index contributed by atoms with van der Waals surface area (Å²) in [6.07, 6.45) is 4.48. The third-order valence-electron chi connectivity index (χ3n) is 5.07.